The molecule has 104 valence electrons. The molecule has 2 N–H and O–H groups in total. The van der Waals surface area contributed by atoms with Gasteiger partial charge in [-0.2, -0.15) is 0 Å². The van der Waals surface area contributed by atoms with Crippen molar-refractivity contribution in [2.45, 2.75) is 63.7 Å². The lowest BCUT2D eigenvalue weighted by molar-refractivity contribution is -0.141. The minimum absolute atomic E-state index is 0.0685. The number of rotatable bonds is 6. The van der Waals surface area contributed by atoms with Crippen molar-refractivity contribution in [3.05, 3.63) is 0 Å². The number of amides is 1. The molecule has 0 aliphatic heterocycles. The van der Waals surface area contributed by atoms with E-state index in [1.54, 1.807) is 0 Å². The van der Waals surface area contributed by atoms with Gasteiger partial charge in [0.25, 0.3) is 0 Å². The van der Waals surface area contributed by atoms with Crippen molar-refractivity contribution in [2.75, 3.05) is 13.6 Å². The van der Waals surface area contributed by atoms with Crippen LogP contribution in [0.4, 0.5) is 0 Å². The first kappa shape index (κ1) is 13.8. The second-order valence-corrected chi connectivity index (χ2v) is 5.79. The fourth-order valence-electron chi connectivity index (χ4n) is 2.98. The van der Waals surface area contributed by atoms with Crippen LogP contribution in [0.3, 0.4) is 0 Å². The molecule has 0 radical (unpaired) electrons. The number of carbonyl (C=O) groups is 1. The molecule has 0 bridgehead atoms. The van der Waals surface area contributed by atoms with Crippen LogP contribution >= 0.6 is 0 Å². The second kappa shape index (κ2) is 6.53. The molecule has 4 heteroatoms. The fraction of sp³-hybridized carbons (Fsp3) is 0.929. The highest BCUT2D eigenvalue weighted by Gasteiger charge is 2.32. The predicted octanol–water partition coefficient (Wildman–Crippen LogP) is 1.45. The van der Waals surface area contributed by atoms with Gasteiger partial charge >= 0.3 is 0 Å². The zero-order chi connectivity index (χ0) is 13.0. The Kier molecular flexibility index (Phi) is 5.01. The molecule has 0 spiro atoms. The zero-order valence-corrected chi connectivity index (χ0v) is 11.6. The summed E-state index contributed by atoms with van der Waals surface area (Å²) in [5.41, 5.74) is 0. The van der Waals surface area contributed by atoms with Gasteiger partial charge in [0.1, 0.15) is 6.10 Å². The Bertz CT molecular complexity index is 271. The van der Waals surface area contributed by atoms with Gasteiger partial charge in [-0.05, 0) is 52.1 Å². The third-order valence-electron chi connectivity index (χ3n) is 4.15. The van der Waals surface area contributed by atoms with Crippen LogP contribution < -0.4 is 10.6 Å². The Morgan fingerprint density at radius 3 is 2.61 bits per heavy atom. The predicted molar refractivity (Wildman–Crippen MR) is 71.4 cm³/mol. The van der Waals surface area contributed by atoms with Crippen molar-refractivity contribution >= 4 is 5.91 Å². The van der Waals surface area contributed by atoms with Crippen molar-refractivity contribution in [2.24, 2.45) is 5.92 Å². The molecule has 0 aromatic heterocycles. The summed E-state index contributed by atoms with van der Waals surface area (Å²) in [5, 5.41) is 6.27. The van der Waals surface area contributed by atoms with Crippen LogP contribution in [0.15, 0.2) is 0 Å². The molecule has 2 aliphatic rings. The van der Waals surface area contributed by atoms with E-state index >= 15 is 0 Å². The molecule has 0 aromatic carbocycles. The number of hydrogen-bond donors (Lipinski definition) is 2. The van der Waals surface area contributed by atoms with Gasteiger partial charge in [0, 0.05) is 6.04 Å². The Morgan fingerprint density at radius 1 is 1.33 bits per heavy atom. The van der Waals surface area contributed by atoms with Crippen LogP contribution in [0.1, 0.15) is 45.4 Å². The highest BCUT2D eigenvalue weighted by atomic mass is 16.5. The molecule has 4 nitrogen and oxygen atoms in total. The Labute approximate surface area is 110 Å². The maximum Gasteiger partial charge on any atom is 0.249 e. The smallest absolute Gasteiger partial charge is 0.249 e. The first-order valence-electron chi connectivity index (χ1n) is 7.29. The summed E-state index contributed by atoms with van der Waals surface area (Å²) < 4.78 is 5.80. The quantitative estimate of drug-likeness (QED) is 0.754. The van der Waals surface area contributed by atoms with Crippen LogP contribution in [0.5, 0.6) is 0 Å². The molecule has 1 unspecified atom stereocenters. The second-order valence-electron chi connectivity index (χ2n) is 5.79. The first-order chi connectivity index (χ1) is 8.69. The summed E-state index contributed by atoms with van der Waals surface area (Å²) >= 11 is 0. The third kappa shape index (κ3) is 3.69. The molecule has 18 heavy (non-hydrogen) atoms. The van der Waals surface area contributed by atoms with Gasteiger partial charge < -0.3 is 15.4 Å². The van der Waals surface area contributed by atoms with Gasteiger partial charge in [0.15, 0.2) is 0 Å². The van der Waals surface area contributed by atoms with E-state index in [0.29, 0.717) is 6.04 Å². The van der Waals surface area contributed by atoms with E-state index in [-0.39, 0.29) is 18.1 Å². The SMILES string of the molecule is CNCC1CC(OC(C)C(=O)NC2CCCC2)C1. The van der Waals surface area contributed by atoms with E-state index in [1.807, 2.05) is 14.0 Å². The number of ether oxygens (including phenoxy) is 1. The maximum atomic E-state index is 11.9. The summed E-state index contributed by atoms with van der Waals surface area (Å²) in [6.45, 7) is 2.93. The van der Waals surface area contributed by atoms with Crippen LogP contribution in [0.25, 0.3) is 0 Å². The highest BCUT2D eigenvalue weighted by molar-refractivity contribution is 5.80. The molecule has 0 aromatic rings. The van der Waals surface area contributed by atoms with Gasteiger partial charge in [0.2, 0.25) is 5.91 Å². The van der Waals surface area contributed by atoms with E-state index in [9.17, 15) is 4.79 Å². The van der Waals surface area contributed by atoms with E-state index < -0.39 is 0 Å². The molecular weight excluding hydrogens is 228 g/mol. The van der Waals surface area contributed by atoms with Crippen molar-refractivity contribution < 1.29 is 9.53 Å². The van der Waals surface area contributed by atoms with E-state index in [0.717, 1.165) is 38.1 Å². The minimum atomic E-state index is -0.300. The number of hydrogen-bond acceptors (Lipinski definition) is 3. The highest BCUT2D eigenvalue weighted by Crippen LogP contribution is 2.30. The molecule has 0 heterocycles. The molecule has 2 aliphatic carbocycles. The lowest BCUT2D eigenvalue weighted by Gasteiger charge is -2.36. The zero-order valence-electron chi connectivity index (χ0n) is 11.6. The lowest BCUT2D eigenvalue weighted by Crippen LogP contribution is -2.45. The van der Waals surface area contributed by atoms with Gasteiger partial charge in [0.05, 0.1) is 6.10 Å². The standard InChI is InChI=1S/C14H26N2O2/c1-10(14(17)16-12-5-3-4-6-12)18-13-7-11(8-13)9-15-2/h10-13,15H,3-9H2,1-2H3,(H,16,17). The fourth-order valence-corrected chi connectivity index (χ4v) is 2.98. The number of carbonyl (C=O) groups excluding carboxylic acids is 1. The lowest BCUT2D eigenvalue weighted by atomic mass is 9.82. The van der Waals surface area contributed by atoms with Crippen LogP contribution in [0.2, 0.25) is 0 Å². The summed E-state index contributed by atoms with van der Waals surface area (Å²) in [5.74, 6) is 0.795. The van der Waals surface area contributed by atoms with Gasteiger partial charge in [-0.3, -0.25) is 4.79 Å². The Hall–Kier alpha value is -0.610. The van der Waals surface area contributed by atoms with Gasteiger partial charge in [-0.15, -0.1) is 0 Å². The molecule has 1 atom stereocenters. The molecule has 2 rings (SSSR count). The minimum Gasteiger partial charge on any atom is -0.365 e. The van der Waals surface area contributed by atoms with Crippen molar-refractivity contribution in [1.82, 2.24) is 10.6 Å². The summed E-state index contributed by atoms with van der Waals surface area (Å²) in [6.07, 6.45) is 6.91. The normalized spacial score (nSPS) is 29.9. The summed E-state index contributed by atoms with van der Waals surface area (Å²) in [7, 11) is 1.98. The van der Waals surface area contributed by atoms with Crippen LogP contribution in [0, 0.1) is 5.92 Å². The topological polar surface area (TPSA) is 50.4 Å². The van der Waals surface area contributed by atoms with Crippen molar-refractivity contribution in [1.29, 1.82) is 0 Å². The van der Waals surface area contributed by atoms with E-state index in [4.69, 9.17) is 4.74 Å². The van der Waals surface area contributed by atoms with Crippen LogP contribution in [-0.4, -0.2) is 37.7 Å². The molecule has 2 saturated carbocycles. The van der Waals surface area contributed by atoms with E-state index in [1.165, 1.54) is 12.8 Å². The summed E-state index contributed by atoms with van der Waals surface area (Å²) in [4.78, 5) is 11.9. The van der Waals surface area contributed by atoms with Crippen LogP contribution in [-0.2, 0) is 9.53 Å². The Morgan fingerprint density at radius 2 is 2.00 bits per heavy atom. The molecular formula is C14H26N2O2. The largest absolute Gasteiger partial charge is 0.365 e. The monoisotopic (exact) mass is 254 g/mol. The molecule has 2 fully saturated rings. The Balaban J connectivity index is 1.62. The third-order valence-corrected chi connectivity index (χ3v) is 4.15. The van der Waals surface area contributed by atoms with Gasteiger partial charge in [-0.25, -0.2) is 0 Å². The van der Waals surface area contributed by atoms with Gasteiger partial charge in [-0.1, -0.05) is 12.8 Å². The molecule has 1 amide bonds. The maximum absolute atomic E-state index is 11.9. The summed E-state index contributed by atoms with van der Waals surface area (Å²) in [6, 6.07) is 0.391. The van der Waals surface area contributed by atoms with E-state index in [2.05, 4.69) is 10.6 Å². The average Bonchev–Trinajstić information content (AvgIpc) is 2.78. The average molecular weight is 254 g/mol. The molecule has 0 saturated heterocycles. The van der Waals surface area contributed by atoms with Crippen molar-refractivity contribution in [3.63, 3.8) is 0 Å². The number of nitrogens with one attached hydrogen (secondary N) is 2. The first-order valence-corrected chi connectivity index (χ1v) is 7.29. The van der Waals surface area contributed by atoms with Crippen molar-refractivity contribution in [3.8, 4) is 0 Å².